The van der Waals surface area contributed by atoms with Crippen LogP contribution in [0, 0.1) is 17.0 Å². The van der Waals surface area contributed by atoms with Gasteiger partial charge in [0.05, 0.1) is 33.3 Å². The Morgan fingerprint density at radius 1 is 1.55 bits per heavy atom. The first-order chi connectivity index (χ1) is 9.49. The topological polar surface area (TPSA) is 85.1 Å². The van der Waals surface area contributed by atoms with Crippen molar-refractivity contribution in [3.63, 3.8) is 0 Å². The minimum Gasteiger partial charge on any atom is -0.347 e. The second kappa shape index (κ2) is 5.98. The number of nitro groups is 1. The Morgan fingerprint density at radius 3 is 2.85 bits per heavy atom. The molecule has 0 spiro atoms. The van der Waals surface area contributed by atoms with Crippen molar-refractivity contribution in [1.29, 1.82) is 0 Å². The van der Waals surface area contributed by atoms with Gasteiger partial charge in [0.2, 0.25) is 0 Å². The predicted octanol–water partition coefficient (Wildman–Crippen LogP) is 2.94. The molecule has 8 heteroatoms. The van der Waals surface area contributed by atoms with Crippen LogP contribution in [0.3, 0.4) is 0 Å². The number of nitro benzene ring substituents is 1. The van der Waals surface area contributed by atoms with Crippen molar-refractivity contribution in [3.8, 4) is 0 Å². The summed E-state index contributed by atoms with van der Waals surface area (Å²) < 4.78 is 0. The van der Waals surface area contributed by atoms with E-state index in [2.05, 4.69) is 10.3 Å². The zero-order valence-corrected chi connectivity index (χ0v) is 12.0. The van der Waals surface area contributed by atoms with Crippen LogP contribution in [-0.4, -0.2) is 15.8 Å². The minimum absolute atomic E-state index is 0.0535. The zero-order chi connectivity index (χ0) is 14.7. The molecule has 1 amide bonds. The molecule has 1 aromatic heterocycles. The van der Waals surface area contributed by atoms with Gasteiger partial charge in [-0.25, -0.2) is 4.98 Å². The number of nitrogens with zero attached hydrogens (tertiary/aromatic N) is 2. The monoisotopic (exact) mass is 311 g/mol. The number of rotatable bonds is 4. The SMILES string of the molecule is Cc1ncsc1CNC(=O)c1ccc([N+](=O)[O-])cc1Cl. The normalized spacial score (nSPS) is 10.3. The van der Waals surface area contributed by atoms with Gasteiger partial charge >= 0.3 is 0 Å². The Balaban J connectivity index is 2.10. The highest BCUT2D eigenvalue weighted by Crippen LogP contribution is 2.22. The summed E-state index contributed by atoms with van der Waals surface area (Å²) in [6.45, 7) is 2.21. The molecule has 0 bridgehead atoms. The molecule has 6 nitrogen and oxygen atoms in total. The van der Waals surface area contributed by atoms with Crippen molar-refractivity contribution in [2.45, 2.75) is 13.5 Å². The van der Waals surface area contributed by atoms with Gasteiger partial charge in [-0.1, -0.05) is 11.6 Å². The predicted molar refractivity (Wildman–Crippen MR) is 76.1 cm³/mol. The molecular weight excluding hydrogens is 302 g/mol. The lowest BCUT2D eigenvalue weighted by molar-refractivity contribution is -0.384. The van der Waals surface area contributed by atoms with Crippen LogP contribution in [0.4, 0.5) is 5.69 Å². The van der Waals surface area contributed by atoms with Crippen LogP contribution in [0.1, 0.15) is 20.9 Å². The van der Waals surface area contributed by atoms with Gasteiger partial charge in [-0.15, -0.1) is 11.3 Å². The van der Waals surface area contributed by atoms with Crippen LogP contribution < -0.4 is 5.32 Å². The van der Waals surface area contributed by atoms with Crippen LogP contribution in [0.25, 0.3) is 0 Å². The molecule has 0 radical (unpaired) electrons. The van der Waals surface area contributed by atoms with Gasteiger partial charge in [0.1, 0.15) is 0 Å². The number of hydrogen-bond acceptors (Lipinski definition) is 5. The molecule has 2 rings (SSSR count). The van der Waals surface area contributed by atoms with Gasteiger partial charge < -0.3 is 5.32 Å². The molecule has 1 heterocycles. The van der Waals surface area contributed by atoms with Gasteiger partial charge in [-0.3, -0.25) is 14.9 Å². The Bertz CT molecular complexity index is 672. The Labute approximate surface area is 123 Å². The van der Waals surface area contributed by atoms with E-state index in [-0.39, 0.29) is 22.2 Å². The molecule has 0 saturated carbocycles. The number of nitrogens with one attached hydrogen (secondary N) is 1. The van der Waals surface area contributed by atoms with Gasteiger partial charge in [-0.05, 0) is 13.0 Å². The fraction of sp³-hybridized carbons (Fsp3) is 0.167. The van der Waals surface area contributed by atoms with Crippen molar-refractivity contribution >= 4 is 34.5 Å². The van der Waals surface area contributed by atoms with E-state index < -0.39 is 4.92 Å². The van der Waals surface area contributed by atoms with E-state index in [0.29, 0.717) is 6.54 Å². The standard InChI is InChI=1S/C12H10ClN3O3S/c1-7-11(20-6-15-7)5-14-12(17)9-3-2-8(16(18)19)4-10(9)13/h2-4,6H,5H2,1H3,(H,14,17). The molecular formula is C12H10ClN3O3S. The number of aryl methyl sites for hydroxylation is 1. The van der Waals surface area contributed by atoms with E-state index in [9.17, 15) is 14.9 Å². The second-order valence-electron chi connectivity index (χ2n) is 3.96. The van der Waals surface area contributed by atoms with Crippen LogP contribution in [-0.2, 0) is 6.54 Å². The Hall–Kier alpha value is -1.99. The van der Waals surface area contributed by atoms with E-state index in [0.717, 1.165) is 16.6 Å². The lowest BCUT2D eigenvalue weighted by Crippen LogP contribution is -2.23. The molecule has 0 aliphatic carbocycles. The first kappa shape index (κ1) is 14.4. The molecule has 0 atom stereocenters. The fourth-order valence-corrected chi connectivity index (χ4v) is 2.53. The summed E-state index contributed by atoms with van der Waals surface area (Å²) in [4.78, 5) is 27.0. The average molecular weight is 312 g/mol. The highest BCUT2D eigenvalue weighted by atomic mass is 35.5. The number of carbonyl (C=O) groups excluding carboxylic acids is 1. The van der Waals surface area contributed by atoms with E-state index in [1.807, 2.05) is 6.92 Å². The zero-order valence-electron chi connectivity index (χ0n) is 10.4. The number of amides is 1. The summed E-state index contributed by atoms with van der Waals surface area (Å²) in [6, 6.07) is 3.75. The van der Waals surface area contributed by atoms with Crippen molar-refractivity contribution < 1.29 is 9.72 Å². The number of hydrogen-bond donors (Lipinski definition) is 1. The fourth-order valence-electron chi connectivity index (χ4n) is 1.55. The molecule has 20 heavy (non-hydrogen) atoms. The van der Waals surface area contributed by atoms with Crippen LogP contribution >= 0.6 is 22.9 Å². The average Bonchev–Trinajstić information content (AvgIpc) is 2.81. The van der Waals surface area contributed by atoms with E-state index in [1.54, 1.807) is 5.51 Å². The van der Waals surface area contributed by atoms with Crippen molar-refractivity contribution in [1.82, 2.24) is 10.3 Å². The number of carbonyl (C=O) groups is 1. The van der Waals surface area contributed by atoms with E-state index in [4.69, 9.17) is 11.6 Å². The lowest BCUT2D eigenvalue weighted by Gasteiger charge is -2.06. The van der Waals surface area contributed by atoms with E-state index >= 15 is 0 Å². The maximum atomic E-state index is 12.0. The van der Waals surface area contributed by atoms with Gasteiger partial charge in [0.25, 0.3) is 11.6 Å². The third-order valence-electron chi connectivity index (χ3n) is 2.66. The molecule has 104 valence electrons. The third kappa shape index (κ3) is 3.12. The number of non-ortho nitro benzene ring substituents is 1. The first-order valence-corrected chi connectivity index (χ1v) is 6.86. The molecule has 0 saturated heterocycles. The number of thiazole rings is 1. The Kier molecular flexibility index (Phi) is 4.31. The quantitative estimate of drug-likeness (QED) is 0.695. The highest BCUT2D eigenvalue weighted by molar-refractivity contribution is 7.09. The summed E-state index contributed by atoms with van der Waals surface area (Å²) in [5.41, 5.74) is 2.63. The van der Waals surface area contributed by atoms with Gasteiger partial charge in [0, 0.05) is 17.0 Å². The van der Waals surface area contributed by atoms with Gasteiger partial charge in [-0.2, -0.15) is 0 Å². The molecule has 2 aromatic rings. The number of benzene rings is 1. The van der Waals surface area contributed by atoms with Gasteiger partial charge in [0.15, 0.2) is 0 Å². The van der Waals surface area contributed by atoms with Crippen molar-refractivity contribution in [3.05, 3.63) is 55.0 Å². The largest absolute Gasteiger partial charge is 0.347 e. The van der Waals surface area contributed by atoms with E-state index in [1.165, 1.54) is 23.5 Å². The minimum atomic E-state index is -0.561. The summed E-state index contributed by atoms with van der Waals surface area (Å²) in [5.74, 6) is -0.377. The number of halogens is 1. The number of aromatic nitrogens is 1. The van der Waals surface area contributed by atoms with Crippen molar-refractivity contribution in [2.24, 2.45) is 0 Å². The van der Waals surface area contributed by atoms with Crippen LogP contribution in [0.2, 0.25) is 5.02 Å². The second-order valence-corrected chi connectivity index (χ2v) is 5.31. The van der Waals surface area contributed by atoms with Crippen LogP contribution in [0.5, 0.6) is 0 Å². The lowest BCUT2D eigenvalue weighted by atomic mass is 10.2. The molecule has 0 aliphatic rings. The first-order valence-electron chi connectivity index (χ1n) is 5.60. The van der Waals surface area contributed by atoms with Crippen molar-refractivity contribution in [2.75, 3.05) is 0 Å². The molecule has 1 aromatic carbocycles. The molecule has 1 N–H and O–H groups in total. The summed E-state index contributed by atoms with van der Waals surface area (Å²) in [7, 11) is 0. The maximum absolute atomic E-state index is 12.0. The van der Waals surface area contributed by atoms with Crippen LogP contribution in [0.15, 0.2) is 23.7 Å². The smallest absolute Gasteiger partial charge is 0.270 e. The summed E-state index contributed by atoms with van der Waals surface area (Å²) >= 11 is 7.33. The maximum Gasteiger partial charge on any atom is 0.270 e. The summed E-state index contributed by atoms with van der Waals surface area (Å²) in [5, 5.41) is 13.4. The molecule has 0 fully saturated rings. The molecule has 0 unspecified atom stereocenters. The molecule has 0 aliphatic heterocycles. The highest BCUT2D eigenvalue weighted by Gasteiger charge is 2.15. The summed E-state index contributed by atoms with van der Waals surface area (Å²) in [6.07, 6.45) is 0. The Morgan fingerprint density at radius 2 is 2.30 bits per heavy atom. The third-order valence-corrected chi connectivity index (χ3v) is 3.91.